The molecule has 0 bridgehead atoms. The average molecular weight is 242 g/mol. The number of alkyl halides is 2. The van der Waals surface area contributed by atoms with E-state index in [9.17, 15) is 13.9 Å². The Morgan fingerprint density at radius 3 is 2.71 bits per heavy atom. The summed E-state index contributed by atoms with van der Waals surface area (Å²) < 4.78 is 30.5. The second-order valence-electron chi connectivity index (χ2n) is 5.01. The number of hydrogen-bond donors (Lipinski definition) is 1. The van der Waals surface area contributed by atoms with Gasteiger partial charge in [0, 0.05) is 0 Å². The highest BCUT2D eigenvalue weighted by Gasteiger charge is 2.28. The van der Waals surface area contributed by atoms with E-state index < -0.39 is 12.5 Å². The minimum absolute atomic E-state index is 0.212. The van der Waals surface area contributed by atoms with Crippen LogP contribution in [0.15, 0.2) is 18.2 Å². The van der Waals surface area contributed by atoms with Crippen molar-refractivity contribution in [1.82, 2.24) is 0 Å². The fourth-order valence-corrected chi connectivity index (χ4v) is 2.01. The van der Waals surface area contributed by atoms with Crippen LogP contribution in [0.3, 0.4) is 0 Å². The number of hydrogen-bond acceptors (Lipinski definition) is 2. The van der Waals surface area contributed by atoms with E-state index in [1.807, 2.05) is 13.8 Å². The van der Waals surface area contributed by atoms with E-state index >= 15 is 0 Å². The first-order valence-corrected chi connectivity index (χ1v) is 5.67. The Morgan fingerprint density at radius 2 is 2.06 bits per heavy atom. The van der Waals surface area contributed by atoms with Crippen LogP contribution in [0, 0.1) is 0 Å². The van der Waals surface area contributed by atoms with Crippen LogP contribution in [0.25, 0.3) is 0 Å². The summed E-state index contributed by atoms with van der Waals surface area (Å²) in [6, 6.07) is 4.77. The summed E-state index contributed by atoms with van der Waals surface area (Å²) in [5.74, 6) is 0.728. The van der Waals surface area contributed by atoms with E-state index in [1.165, 1.54) is 6.07 Å². The Bertz CT molecular complexity index is 416. The van der Waals surface area contributed by atoms with Crippen molar-refractivity contribution in [3.05, 3.63) is 29.3 Å². The normalized spacial score (nSPS) is 19.6. The van der Waals surface area contributed by atoms with Crippen LogP contribution in [0.4, 0.5) is 8.78 Å². The van der Waals surface area contributed by atoms with Gasteiger partial charge in [-0.2, -0.15) is 0 Å². The van der Waals surface area contributed by atoms with Gasteiger partial charge in [-0.1, -0.05) is 6.07 Å². The molecule has 2 nitrogen and oxygen atoms in total. The molecule has 0 saturated carbocycles. The molecule has 0 saturated heterocycles. The lowest BCUT2D eigenvalue weighted by molar-refractivity contribution is -0.00599. The number of aryl methyl sites for hydroxylation is 1. The molecule has 1 aliphatic rings. The van der Waals surface area contributed by atoms with Crippen molar-refractivity contribution < 1.29 is 18.6 Å². The van der Waals surface area contributed by atoms with Crippen molar-refractivity contribution in [2.45, 2.75) is 44.8 Å². The van der Waals surface area contributed by atoms with Crippen LogP contribution < -0.4 is 4.74 Å². The van der Waals surface area contributed by atoms with Crippen LogP contribution in [0.1, 0.15) is 37.5 Å². The highest BCUT2D eigenvalue weighted by atomic mass is 19.3. The molecule has 1 aromatic carbocycles. The number of aliphatic hydroxyl groups is 1. The van der Waals surface area contributed by atoms with Gasteiger partial charge in [0.1, 0.15) is 17.5 Å². The molecular formula is C13H16F2O2. The molecule has 1 aromatic rings. The molecule has 94 valence electrons. The summed E-state index contributed by atoms with van der Waals surface area (Å²) in [6.07, 6.45) is -2.84. The zero-order valence-electron chi connectivity index (χ0n) is 9.91. The zero-order chi connectivity index (χ0) is 12.6. The number of aliphatic hydroxyl groups excluding tert-OH is 1. The zero-order valence-corrected chi connectivity index (χ0v) is 9.91. The lowest BCUT2D eigenvalue weighted by Gasteiger charge is -2.33. The Kier molecular flexibility index (Phi) is 3.08. The van der Waals surface area contributed by atoms with E-state index in [1.54, 1.807) is 12.1 Å². The predicted molar refractivity (Wildman–Crippen MR) is 60.4 cm³/mol. The first-order valence-electron chi connectivity index (χ1n) is 5.67. The summed E-state index contributed by atoms with van der Waals surface area (Å²) in [7, 11) is 0. The van der Waals surface area contributed by atoms with Crippen molar-refractivity contribution in [1.29, 1.82) is 0 Å². The first kappa shape index (κ1) is 12.3. The highest BCUT2D eigenvalue weighted by Crippen LogP contribution is 2.35. The summed E-state index contributed by atoms with van der Waals surface area (Å²) >= 11 is 0. The second kappa shape index (κ2) is 4.26. The minimum atomic E-state index is -2.76. The molecule has 0 amide bonds. The van der Waals surface area contributed by atoms with Crippen LogP contribution in [0.2, 0.25) is 0 Å². The molecule has 0 fully saturated rings. The van der Waals surface area contributed by atoms with Gasteiger partial charge in [0.15, 0.2) is 0 Å². The quantitative estimate of drug-likeness (QED) is 0.863. The highest BCUT2D eigenvalue weighted by molar-refractivity contribution is 5.40. The van der Waals surface area contributed by atoms with E-state index in [2.05, 4.69) is 0 Å². The molecule has 1 atom stereocenters. The molecule has 0 radical (unpaired) electrons. The second-order valence-corrected chi connectivity index (χ2v) is 5.01. The SMILES string of the molecule is CC1(C)CCc2cc(C(O)C(F)F)ccc2O1. The van der Waals surface area contributed by atoms with Gasteiger partial charge in [-0.25, -0.2) is 8.78 Å². The lowest BCUT2D eigenvalue weighted by atomic mass is 9.92. The standard InChI is InChI=1S/C13H16F2O2/c1-13(2)6-5-8-7-9(11(16)12(14)15)3-4-10(8)17-13/h3-4,7,11-12,16H,5-6H2,1-2H3. The molecule has 1 N–H and O–H groups in total. The first-order chi connectivity index (χ1) is 7.89. The van der Waals surface area contributed by atoms with Crippen molar-refractivity contribution in [3.63, 3.8) is 0 Å². The van der Waals surface area contributed by atoms with E-state index in [0.717, 1.165) is 24.2 Å². The van der Waals surface area contributed by atoms with Gasteiger partial charge < -0.3 is 9.84 Å². The topological polar surface area (TPSA) is 29.5 Å². The van der Waals surface area contributed by atoms with Gasteiger partial charge in [0.25, 0.3) is 6.43 Å². The smallest absolute Gasteiger partial charge is 0.268 e. The van der Waals surface area contributed by atoms with Gasteiger partial charge in [-0.05, 0) is 49.9 Å². The van der Waals surface area contributed by atoms with Crippen LogP contribution in [-0.4, -0.2) is 17.1 Å². The van der Waals surface area contributed by atoms with E-state index in [4.69, 9.17) is 4.74 Å². The Hall–Kier alpha value is -1.16. The molecule has 4 heteroatoms. The largest absolute Gasteiger partial charge is 0.488 e. The predicted octanol–water partition coefficient (Wildman–Crippen LogP) is 3.09. The molecule has 0 aliphatic carbocycles. The molecule has 0 aromatic heterocycles. The maximum Gasteiger partial charge on any atom is 0.268 e. The molecule has 0 spiro atoms. The Labute approximate surface area is 99.2 Å². The van der Waals surface area contributed by atoms with Gasteiger partial charge in [-0.3, -0.25) is 0 Å². The maximum absolute atomic E-state index is 12.4. The Balaban J connectivity index is 2.27. The van der Waals surface area contributed by atoms with Crippen LogP contribution in [-0.2, 0) is 6.42 Å². The number of rotatable bonds is 2. The molecule has 17 heavy (non-hydrogen) atoms. The fraction of sp³-hybridized carbons (Fsp3) is 0.538. The summed E-state index contributed by atoms with van der Waals surface area (Å²) in [5.41, 5.74) is 0.930. The molecule has 1 unspecified atom stereocenters. The van der Waals surface area contributed by atoms with E-state index in [0.29, 0.717) is 0 Å². The van der Waals surface area contributed by atoms with Crippen molar-refractivity contribution in [2.24, 2.45) is 0 Å². The number of benzene rings is 1. The third-order valence-electron chi connectivity index (χ3n) is 3.05. The molecular weight excluding hydrogens is 226 g/mol. The number of ether oxygens (including phenoxy) is 1. The van der Waals surface area contributed by atoms with Crippen LogP contribution >= 0.6 is 0 Å². The summed E-state index contributed by atoms with van der Waals surface area (Å²) in [5, 5.41) is 9.31. The molecule has 1 heterocycles. The van der Waals surface area contributed by atoms with Gasteiger partial charge in [0.05, 0.1) is 0 Å². The number of halogens is 2. The maximum atomic E-state index is 12.4. The van der Waals surface area contributed by atoms with Gasteiger partial charge >= 0.3 is 0 Å². The number of fused-ring (bicyclic) bond motifs is 1. The molecule has 1 aliphatic heterocycles. The monoisotopic (exact) mass is 242 g/mol. The van der Waals surface area contributed by atoms with Gasteiger partial charge in [0.2, 0.25) is 0 Å². The molecule has 2 rings (SSSR count). The average Bonchev–Trinajstić information content (AvgIpc) is 2.26. The van der Waals surface area contributed by atoms with Crippen molar-refractivity contribution in [2.75, 3.05) is 0 Å². The third-order valence-corrected chi connectivity index (χ3v) is 3.05. The fourth-order valence-electron chi connectivity index (χ4n) is 2.01. The van der Waals surface area contributed by atoms with E-state index in [-0.39, 0.29) is 11.2 Å². The van der Waals surface area contributed by atoms with Crippen molar-refractivity contribution in [3.8, 4) is 5.75 Å². The third kappa shape index (κ3) is 2.57. The Morgan fingerprint density at radius 1 is 1.35 bits per heavy atom. The lowest BCUT2D eigenvalue weighted by Crippen LogP contribution is -2.32. The summed E-state index contributed by atoms with van der Waals surface area (Å²) in [6.45, 7) is 4.00. The minimum Gasteiger partial charge on any atom is -0.488 e. The summed E-state index contributed by atoms with van der Waals surface area (Å²) in [4.78, 5) is 0. The van der Waals surface area contributed by atoms with Crippen LogP contribution in [0.5, 0.6) is 5.75 Å². The van der Waals surface area contributed by atoms with Gasteiger partial charge in [-0.15, -0.1) is 0 Å². The van der Waals surface area contributed by atoms with Crippen molar-refractivity contribution >= 4 is 0 Å².